The van der Waals surface area contributed by atoms with Gasteiger partial charge in [0.25, 0.3) is 5.91 Å². The molecule has 1 aromatic heterocycles. The molecule has 1 heterocycles. The summed E-state index contributed by atoms with van der Waals surface area (Å²) in [5, 5.41) is 3.81. The van der Waals surface area contributed by atoms with Crippen molar-refractivity contribution in [2.45, 2.75) is 50.0 Å². The summed E-state index contributed by atoms with van der Waals surface area (Å²) in [6.45, 7) is 1.99. The molecule has 2 saturated carbocycles. The zero-order valence-corrected chi connectivity index (χ0v) is 15.2. The van der Waals surface area contributed by atoms with Crippen LogP contribution in [0.1, 0.15) is 55.3 Å². The Morgan fingerprint density at radius 2 is 2.04 bits per heavy atom. The molecular weight excluding hydrogens is 320 g/mol. The molecule has 0 saturated heterocycles. The number of hydrogen-bond donors (Lipinski definition) is 1. The SMILES string of the molecule is O=C(NCCOCC1CC1)c1cccnc1SCC1CCCCC1. The van der Waals surface area contributed by atoms with E-state index in [0.717, 1.165) is 29.2 Å². The fraction of sp³-hybridized carbons (Fsp3) is 0.684. The maximum Gasteiger partial charge on any atom is 0.254 e. The highest BCUT2D eigenvalue weighted by Crippen LogP contribution is 2.30. The van der Waals surface area contributed by atoms with Crippen molar-refractivity contribution in [1.82, 2.24) is 10.3 Å². The predicted octanol–water partition coefficient (Wildman–Crippen LogP) is 3.91. The van der Waals surface area contributed by atoms with Crippen molar-refractivity contribution in [2.24, 2.45) is 11.8 Å². The molecule has 5 heteroatoms. The van der Waals surface area contributed by atoms with Crippen molar-refractivity contribution in [3.8, 4) is 0 Å². The zero-order chi connectivity index (χ0) is 16.6. The first-order valence-electron chi connectivity index (χ1n) is 9.26. The van der Waals surface area contributed by atoms with E-state index >= 15 is 0 Å². The number of rotatable bonds is 9. The van der Waals surface area contributed by atoms with Crippen molar-refractivity contribution in [3.63, 3.8) is 0 Å². The fourth-order valence-electron chi connectivity index (χ4n) is 3.10. The lowest BCUT2D eigenvalue weighted by molar-refractivity contribution is 0.0903. The van der Waals surface area contributed by atoms with Crippen LogP contribution in [0.15, 0.2) is 23.4 Å². The molecule has 0 aliphatic heterocycles. The third-order valence-electron chi connectivity index (χ3n) is 4.78. The molecular formula is C19H28N2O2S. The van der Waals surface area contributed by atoms with Crippen molar-refractivity contribution in [3.05, 3.63) is 23.9 Å². The predicted molar refractivity (Wildman–Crippen MR) is 97.4 cm³/mol. The summed E-state index contributed by atoms with van der Waals surface area (Å²) in [7, 11) is 0. The summed E-state index contributed by atoms with van der Waals surface area (Å²) in [5.74, 6) is 2.57. The minimum atomic E-state index is -0.0377. The minimum Gasteiger partial charge on any atom is -0.379 e. The van der Waals surface area contributed by atoms with Crippen LogP contribution in [0.2, 0.25) is 0 Å². The number of nitrogens with one attached hydrogen (secondary N) is 1. The molecule has 2 aliphatic rings. The summed E-state index contributed by atoms with van der Waals surface area (Å²) in [4.78, 5) is 16.8. The molecule has 0 atom stereocenters. The van der Waals surface area contributed by atoms with Crippen LogP contribution in [0, 0.1) is 11.8 Å². The molecule has 0 aromatic carbocycles. The van der Waals surface area contributed by atoms with Crippen molar-refractivity contribution in [1.29, 1.82) is 0 Å². The molecule has 1 aromatic rings. The third-order valence-corrected chi connectivity index (χ3v) is 6.02. The molecule has 4 nitrogen and oxygen atoms in total. The van der Waals surface area contributed by atoms with Crippen LogP contribution in [0.5, 0.6) is 0 Å². The van der Waals surface area contributed by atoms with Gasteiger partial charge in [-0.15, -0.1) is 11.8 Å². The quantitative estimate of drug-likeness (QED) is 0.543. The molecule has 0 bridgehead atoms. The molecule has 0 spiro atoms. The first kappa shape index (κ1) is 17.7. The maximum absolute atomic E-state index is 12.4. The Balaban J connectivity index is 1.43. The first-order chi connectivity index (χ1) is 11.8. The second kappa shape index (κ2) is 9.42. The zero-order valence-electron chi connectivity index (χ0n) is 14.3. The molecule has 2 aliphatic carbocycles. The van der Waals surface area contributed by atoms with E-state index in [1.807, 2.05) is 12.1 Å². The highest BCUT2D eigenvalue weighted by Gasteiger charge is 2.21. The molecule has 132 valence electrons. The van der Waals surface area contributed by atoms with Crippen LogP contribution < -0.4 is 5.32 Å². The smallest absolute Gasteiger partial charge is 0.254 e. The maximum atomic E-state index is 12.4. The highest BCUT2D eigenvalue weighted by molar-refractivity contribution is 7.99. The lowest BCUT2D eigenvalue weighted by Gasteiger charge is -2.21. The van der Waals surface area contributed by atoms with Crippen LogP contribution in [-0.4, -0.2) is 36.4 Å². The molecule has 2 fully saturated rings. The number of hydrogen-bond acceptors (Lipinski definition) is 4. The van der Waals surface area contributed by atoms with Gasteiger partial charge in [0.05, 0.1) is 12.2 Å². The van der Waals surface area contributed by atoms with E-state index in [1.54, 1.807) is 18.0 Å². The Morgan fingerprint density at radius 1 is 1.21 bits per heavy atom. The Hall–Kier alpha value is -1.07. The van der Waals surface area contributed by atoms with Crippen LogP contribution in [0.25, 0.3) is 0 Å². The van der Waals surface area contributed by atoms with Crippen LogP contribution >= 0.6 is 11.8 Å². The average molecular weight is 349 g/mol. The van der Waals surface area contributed by atoms with Gasteiger partial charge in [-0.2, -0.15) is 0 Å². The Bertz CT molecular complexity index is 528. The summed E-state index contributed by atoms with van der Waals surface area (Å²) in [6.07, 6.45) is 11.1. The Labute approximate surface area is 149 Å². The highest BCUT2D eigenvalue weighted by atomic mass is 32.2. The molecule has 3 rings (SSSR count). The third kappa shape index (κ3) is 5.78. The normalized spacial score (nSPS) is 18.5. The standard InChI is InChI=1S/C19H28N2O2S/c22-18(20-11-12-23-13-15-8-9-15)17-7-4-10-21-19(17)24-14-16-5-2-1-3-6-16/h4,7,10,15-16H,1-3,5-6,8-9,11-14H2,(H,20,22). The van der Waals surface area contributed by atoms with E-state index in [0.29, 0.717) is 18.7 Å². The van der Waals surface area contributed by atoms with Gasteiger partial charge in [0.1, 0.15) is 5.03 Å². The van der Waals surface area contributed by atoms with Gasteiger partial charge in [-0.05, 0) is 49.7 Å². The summed E-state index contributed by atoms with van der Waals surface area (Å²) in [5.41, 5.74) is 0.695. The Kier molecular flexibility index (Phi) is 6.97. The van der Waals surface area contributed by atoms with Gasteiger partial charge in [0.15, 0.2) is 0 Å². The van der Waals surface area contributed by atoms with Crippen LogP contribution in [0.4, 0.5) is 0 Å². The van der Waals surface area contributed by atoms with Crippen molar-refractivity contribution >= 4 is 17.7 Å². The molecule has 24 heavy (non-hydrogen) atoms. The number of ether oxygens (including phenoxy) is 1. The lowest BCUT2D eigenvalue weighted by atomic mass is 9.91. The van der Waals surface area contributed by atoms with Gasteiger partial charge in [-0.1, -0.05) is 19.3 Å². The van der Waals surface area contributed by atoms with E-state index in [2.05, 4.69) is 10.3 Å². The lowest BCUT2D eigenvalue weighted by Crippen LogP contribution is -2.28. The molecule has 0 radical (unpaired) electrons. The van der Waals surface area contributed by atoms with E-state index < -0.39 is 0 Å². The number of aromatic nitrogens is 1. The van der Waals surface area contributed by atoms with Crippen molar-refractivity contribution in [2.75, 3.05) is 25.5 Å². The van der Waals surface area contributed by atoms with Gasteiger partial charge in [-0.3, -0.25) is 4.79 Å². The van der Waals surface area contributed by atoms with Crippen LogP contribution in [-0.2, 0) is 4.74 Å². The topological polar surface area (TPSA) is 51.2 Å². The monoisotopic (exact) mass is 348 g/mol. The number of nitrogens with zero attached hydrogens (tertiary/aromatic N) is 1. The van der Waals surface area contributed by atoms with Gasteiger partial charge in [0, 0.05) is 25.1 Å². The molecule has 0 unspecified atom stereocenters. The number of pyridine rings is 1. The molecule has 1 amide bonds. The second-order valence-electron chi connectivity index (χ2n) is 6.95. The minimum absolute atomic E-state index is 0.0377. The largest absolute Gasteiger partial charge is 0.379 e. The van der Waals surface area contributed by atoms with E-state index in [-0.39, 0.29) is 5.91 Å². The first-order valence-corrected chi connectivity index (χ1v) is 10.3. The Morgan fingerprint density at radius 3 is 2.83 bits per heavy atom. The van der Waals surface area contributed by atoms with Gasteiger partial charge < -0.3 is 10.1 Å². The average Bonchev–Trinajstić information content (AvgIpc) is 3.45. The second-order valence-corrected chi connectivity index (χ2v) is 7.95. The number of thioether (sulfide) groups is 1. The fourth-order valence-corrected chi connectivity index (χ4v) is 4.27. The number of carbonyl (C=O) groups excluding carboxylic acids is 1. The summed E-state index contributed by atoms with van der Waals surface area (Å²) in [6, 6.07) is 3.71. The number of amides is 1. The van der Waals surface area contributed by atoms with Gasteiger partial charge in [0.2, 0.25) is 0 Å². The molecule has 1 N–H and O–H groups in total. The summed E-state index contributed by atoms with van der Waals surface area (Å²) < 4.78 is 5.57. The van der Waals surface area contributed by atoms with Gasteiger partial charge >= 0.3 is 0 Å². The summed E-state index contributed by atoms with van der Waals surface area (Å²) >= 11 is 1.73. The van der Waals surface area contributed by atoms with E-state index in [1.165, 1.54) is 44.9 Å². The van der Waals surface area contributed by atoms with Crippen LogP contribution in [0.3, 0.4) is 0 Å². The van der Waals surface area contributed by atoms with E-state index in [9.17, 15) is 4.79 Å². The number of carbonyl (C=O) groups is 1. The van der Waals surface area contributed by atoms with Gasteiger partial charge in [-0.25, -0.2) is 4.98 Å². The van der Waals surface area contributed by atoms with E-state index in [4.69, 9.17) is 4.74 Å². The van der Waals surface area contributed by atoms with Crippen molar-refractivity contribution < 1.29 is 9.53 Å².